The Morgan fingerprint density at radius 2 is 1.83 bits per heavy atom. The van der Waals surface area contributed by atoms with Gasteiger partial charge in [0.15, 0.2) is 0 Å². The SMILES string of the molecule is CS(=O)(=O)N1CCN(CCNC(=O)CCOc2ccccc2)CC1. The molecule has 24 heavy (non-hydrogen) atoms. The Morgan fingerprint density at radius 1 is 1.17 bits per heavy atom. The highest BCUT2D eigenvalue weighted by atomic mass is 32.2. The molecule has 1 aliphatic rings. The van der Waals surface area contributed by atoms with Crippen molar-refractivity contribution in [2.24, 2.45) is 0 Å². The molecule has 1 aliphatic heterocycles. The van der Waals surface area contributed by atoms with Crippen molar-refractivity contribution < 1.29 is 17.9 Å². The van der Waals surface area contributed by atoms with E-state index in [0.717, 1.165) is 12.3 Å². The van der Waals surface area contributed by atoms with Crippen molar-refractivity contribution >= 4 is 15.9 Å². The van der Waals surface area contributed by atoms with Gasteiger partial charge in [-0.2, -0.15) is 4.31 Å². The zero-order valence-corrected chi connectivity index (χ0v) is 14.8. The maximum Gasteiger partial charge on any atom is 0.223 e. The molecule has 134 valence electrons. The molecule has 0 unspecified atom stereocenters. The maximum absolute atomic E-state index is 11.8. The van der Waals surface area contributed by atoms with Gasteiger partial charge in [0, 0.05) is 39.3 Å². The smallest absolute Gasteiger partial charge is 0.223 e. The molecule has 2 rings (SSSR count). The van der Waals surface area contributed by atoms with E-state index in [-0.39, 0.29) is 5.91 Å². The summed E-state index contributed by atoms with van der Waals surface area (Å²) in [6.07, 6.45) is 1.55. The van der Waals surface area contributed by atoms with Gasteiger partial charge in [-0.3, -0.25) is 9.69 Å². The van der Waals surface area contributed by atoms with E-state index in [2.05, 4.69) is 10.2 Å². The average Bonchev–Trinajstić information content (AvgIpc) is 2.55. The number of sulfonamides is 1. The number of rotatable bonds is 8. The Kier molecular flexibility index (Phi) is 7.01. The number of carbonyl (C=O) groups excluding carboxylic acids is 1. The molecule has 1 aromatic carbocycles. The summed E-state index contributed by atoms with van der Waals surface area (Å²) in [6.45, 7) is 4.05. The molecular formula is C16H25N3O4S. The summed E-state index contributed by atoms with van der Waals surface area (Å²) in [5, 5.41) is 2.87. The van der Waals surface area contributed by atoms with Gasteiger partial charge in [0.05, 0.1) is 19.3 Å². The van der Waals surface area contributed by atoms with Crippen molar-refractivity contribution in [3.8, 4) is 5.75 Å². The number of hydrogen-bond acceptors (Lipinski definition) is 5. The Hall–Kier alpha value is -1.64. The molecule has 1 amide bonds. The van der Waals surface area contributed by atoms with Crippen molar-refractivity contribution in [3.63, 3.8) is 0 Å². The van der Waals surface area contributed by atoms with Crippen molar-refractivity contribution in [1.82, 2.24) is 14.5 Å². The summed E-state index contributed by atoms with van der Waals surface area (Å²) in [7, 11) is -3.09. The minimum absolute atomic E-state index is 0.0410. The van der Waals surface area contributed by atoms with Crippen LogP contribution in [-0.4, -0.2) is 75.7 Å². The van der Waals surface area contributed by atoms with Gasteiger partial charge in [0.2, 0.25) is 15.9 Å². The Bertz CT molecular complexity index is 613. The summed E-state index contributed by atoms with van der Waals surface area (Å²) < 4.78 is 29.8. The van der Waals surface area contributed by atoms with Gasteiger partial charge in [-0.05, 0) is 12.1 Å². The molecule has 0 aromatic heterocycles. The maximum atomic E-state index is 11.8. The predicted molar refractivity (Wildman–Crippen MR) is 92.4 cm³/mol. The highest BCUT2D eigenvalue weighted by Crippen LogP contribution is 2.08. The van der Waals surface area contributed by atoms with E-state index < -0.39 is 10.0 Å². The lowest BCUT2D eigenvalue weighted by molar-refractivity contribution is -0.121. The first kappa shape index (κ1) is 18.7. The fourth-order valence-corrected chi connectivity index (χ4v) is 3.33. The number of benzene rings is 1. The molecule has 1 N–H and O–H groups in total. The summed E-state index contributed by atoms with van der Waals surface area (Å²) in [5.41, 5.74) is 0. The second kappa shape index (κ2) is 9.00. The molecule has 1 heterocycles. The van der Waals surface area contributed by atoms with E-state index in [1.54, 1.807) is 0 Å². The Balaban J connectivity index is 1.55. The molecule has 1 saturated heterocycles. The summed E-state index contributed by atoms with van der Waals surface area (Å²) >= 11 is 0. The van der Waals surface area contributed by atoms with E-state index in [0.29, 0.717) is 45.8 Å². The van der Waals surface area contributed by atoms with Crippen LogP contribution in [0.3, 0.4) is 0 Å². The molecule has 7 nitrogen and oxygen atoms in total. The van der Waals surface area contributed by atoms with E-state index in [1.807, 2.05) is 30.3 Å². The fourth-order valence-electron chi connectivity index (χ4n) is 2.50. The lowest BCUT2D eigenvalue weighted by Gasteiger charge is -2.33. The van der Waals surface area contributed by atoms with Crippen LogP contribution in [0.15, 0.2) is 30.3 Å². The van der Waals surface area contributed by atoms with Gasteiger partial charge in [-0.1, -0.05) is 18.2 Å². The van der Waals surface area contributed by atoms with E-state index in [4.69, 9.17) is 4.74 Å². The number of piperazine rings is 1. The summed E-state index contributed by atoms with van der Waals surface area (Å²) in [4.78, 5) is 13.9. The molecule has 1 aromatic rings. The third-order valence-electron chi connectivity index (χ3n) is 3.89. The molecule has 0 atom stereocenters. The quantitative estimate of drug-likeness (QED) is 0.718. The molecule has 0 radical (unpaired) electrons. The van der Waals surface area contributed by atoms with Gasteiger partial charge in [-0.25, -0.2) is 8.42 Å². The van der Waals surface area contributed by atoms with Crippen LogP contribution in [0.4, 0.5) is 0 Å². The molecule has 8 heteroatoms. The number of carbonyl (C=O) groups is 1. The van der Waals surface area contributed by atoms with Gasteiger partial charge in [0.25, 0.3) is 0 Å². The largest absolute Gasteiger partial charge is 0.493 e. The topological polar surface area (TPSA) is 79.0 Å². The van der Waals surface area contributed by atoms with Crippen LogP contribution in [0.25, 0.3) is 0 Å². The first-order valence-corrected chi connectivity index (χ1v) is 9.92. The first-order valence-electron chi connectivity index (χ1n) is 8.07. The monoisotopic (exact) mass is 355 g/mol. The number of hydrogen-bond donors (Lipinski definition) is 1. The van der Waals surface area contributed by atoms with E-state index in [1.165, 1.54) is 10.6 Å². The zero-order chi connectivity index (χ0) is 17.4. The van der Waals surface area contributed by atoms with Crippen molar-refractivity contribution in [1.29, 1.82) is 0 Å². The van der Waals surface area contributed by atoms with Crippen molar-refractivity contribution in [3.05, 3.63) is 30.3 Å². The number of ether oxygens (including phenoxy) is 1. The predicted octanol–water partition coefficient (Wildman–Crippen LogP) is 0.149. The number of para-hydroxylation sites is 1. The summed E-state index contributed by atoms with van der Waals surface area (Å²) in [5.74, 6) is 0.717. The molecular weight excluding hydrogens is 330 g/mol. The van der Waals surface area contributed by atoms with Crippen LogP contribution in [0.2, 0.25) is 0 Å². The van der Waals surface area contributed by atoms with Gasteiger partial charge in [0.1, 0.15) is 5.75 Å². The van der Waals surface area contributed by atoms with Crippen LogP contribution in [0.5, 0.6) is 5.75 Å². The second-order valence-corrected chi connectivity index (χ2v) is 7.75. The first-order chi connectivity index (χ1) is 11.4. The Labute approximate surface area is 143 Å². The number of amides is 1. The highest BCUT2D eigenvalue weighted by molar-refractivity contribution is 7.88. The third-order valence-corrected chi connectivity index (χ3v) is 5.19. The average molecular weight is 355 g/mol. The molecule has 0 saturated carbocycles. The number of nitrogens with zero attached hydrogens (tertiary/aromatic N) is 2. The number of nitrogens with one attached hydrogen (secondary N) is 1. The van der Waals surface area contributed by atoms with Gasteiger partial charge < -0.3 is 10.1 Å². The second-order valence-electron chi connectivity index (χ2n) is 5.77. The molecule has 0 aliphatic carbocycles. The van der Waals surface area contributed by atoms with Crippen LogP contribution in [0, 0.1) is 0 Å². The van der Waals surface area contributed by atoms with Crippen LogP contribution in [0.1, 0.15) is 6.42 Å². The minimum atomic E-state index is -3.09. The normalized spacial score (nSPS) is 16.7. The fraction of sp³-hybridized carbons (Fsp3) is 0.562. The van der Waals surface area contributed by atoms with Crippen LogP contribution in [-0.2, 0) is 14.8 Å². The lowest BCUT2D eigenvalue weighted by Crippen LogP contribution is -2.49. The standard InChI is InChI=1S/C16H25N3O4S/c1-24(21,22)19-12-10-18(11-13-19)9-8-17-16(20)7-14-23-15-5-3-2-4-6-15/h2-6H,7-14H2,1H3,(H,17,20). The van der Waals surface area contributed by atoms with Crippen LogP contribution < -0.4 is 10.1 Å². The molecule has 0 spiro atoms. The van der Waals surface area contributed by atoms with E-state index in [9.17, 15) is 13.2 Å². The van der Waals surface area contributed by atoms with Crippen molar-refractivity contribution in [2.45, 2.75) is 6.42 Å². The Morgan fingerprint density at radius 3 is 2.46 bits per heavy atom. The zero-order valence-electron chi connectivity index (χ0n) is 14.0. The van der Waals surface area contributed by atoms with Crippen LogP contribution >= 0.6 is 0 Å². The molecule has 1 fully saturated rings. The lowest BCUT2D eigenvalue weighted by atomic mass is 10.3. The van der Waals surface area contributed by atoms with Crippen molar-refractivity contribution in [2.75, 3.05) is 52.1 Å². The molecule has 0 bridgehead atoms. The third kappa shape index (κ3) is 6.46. The van der Waals surface area contributed by atoms with Gasteiger partial charge >= 0.3 is 0 Å². The van der Waals surface area contributed by atoms with E-state index >= 15 is 0 Å². The van der Waals surface area contributed by atoms with Gasteiger partial charge in [-0.15, -0.1) is 0 Å². The highest BCUT2D eigenvalue weighted by Gasteiger charge is 2.22. The summed E-state index contributed by atoms with van der Waals surface area (Å²) in [6, 6.07) is 9.40. The minimum Gasteiger partial charge on any atom is -0.493 e.